The zero-order valence-electron chi connectivity index (χ0n) is 14.8. The maximum Gasteiger partial charge on any atom is 0.164 e. The topological polar surface area (TPSA) is 41.9 Å². The minimum atomic E-state index is -0.322. The molecule has 1 aliphatic heterocycles. The standard InChI is InChI=1S/C20H27NO3/c1-21-9-8-20(7-6-15(22)12-18(20)21)14-10-16(13-4-5-13)19(24-3)17(11-14)23-2/h10-13,15,22H,4-9H2,1-3H3/t15-,20+/m1/s1. The highest BCUT2D eigenvalue weighted by Gasteiger charge is 2.46. The molecule has 1 saturated carbocycles. The summed E-state index contributed by atoms with van der Waals surface area (Å²) in [4.78, 5) is 2.30. The molecular weight excluding hydrogens is 302 g/mol. The zero-order chi connectivity index (χ0) is 16.9. The van der Waals surface area contributed by atoms with Gasteiger partial charge in [-0.25, -0.2) is 0 Å². The van der Waals surface area contributed by atoms with Crippen LogP contribution in [0.4, 0.5) is 0 Å². The van der Waals surface area contributed by atoms with Crippen molar-refractivity contribution in [2.24, 2.45) is 0 Å². The van der Waals surface area contributed by atoms with Gasteiger partial charge in [0.1, 0.15) is 0 Å². The second kappa shape index (κ2) is 5.69. The third-order valence-corrected chi connectivity index (χ3v) is 6.07. The van der Waals surface area contributed by atoms with Crippen LogP contribution in [0.1, 0.15) is 49.1 Å². The maximum atomic E-state index is 10.1. The highest BCUT2D eigenvalue weighted by molar-refractivity contribution is 5.56. The number of fused-ring (bicyclic) bond motifs is 1. The van der Waals surface area contributed by atoms with Crippen LogP contribution in [0.15, 0.2) is 23.9 Å². The molecule has 2 atom stereocenters. The predicted molar refractivity (Wildman–Crippen MR) is 93.8 cm³/mol. The van der Waals surface area contributed by atoms with Crippen molar-refractivity contribution < 1.29 is 14.6 Å². The van der Waals surface area contributed by atoms with Crippen LogP contribution in [-0.4, -0.2) is 43.9 Å². The molecule has 0 bridgehead atoms. The van der Waals surface area contributed by atoms with Gasteiger partial charge in [0.25, 0.3) is 0 Å². The Balaban J connectivity index is 1.87. The number of hydrogen-bond donors (Lipinski definition) is 1. The molecule has 1 N–H and O–H groups in total. The van der Waals surface area contributed by atoms with E-state index in [2.05, 4.69) is 30.2 Å². The fraction of sp³-hybridized carbons (Fsp3) is 0.600. The molecule has 0 radical (unpaired) electrons. The van der Waals surface area contributed by atoms with Crippen LogP contribution in [0.3, 0.4) is 0 Å². The summed E-state index contributed by atoms with van der Waals surface area (Å²) in [5.74, 6) is 2.34. The second-order valence-corrected chi connectivity index (χ2v) is 7.49. The lowest BCUT2D eigenvalue weighted by Gasteiger charge is -2.37. The molecule has 2 fully saturated rings. The number of nitrogens with zero attached hydrogens (tertiary/aromatic N) is 1. The number of methoxy groups -OCH3 is 2. The highest BCUT2D eigenvalue weighted by atomic mass is 16.5. The Hall–Kier alpha value is -1.68. The van der Waals surface area contributed by atoms with Crippen LogP contribution in [0.5, 0.6) is 11.5 Å². The van der Waals surface area contributed by atoms with Gasteiger partial charge in [-0.2, -0.15) is 0 Å². The van der Waals surface area contributed by atoms with Gasteiger partial charge in [-0.3, -0.25) is 0 Å². The molecule has 0 spiro atoms. The average molecular weight is 329 g/mol. The summed E-state index contributed by atoms with van der Waals surface area (Å²) >= 11 is 0. The van der Waals surface area contributed by atoms with Crippen LogP contribution in [0, 0.1) is 0 Å². The van der Waals surface area contributed by atoms with E-state index in [1.807, 2.05) is 0 Å². The zero-order valence-corrected chi connectivity index (χ0v) is 14.8. The number of aliphatic hydroxyl groups is 1. The van der Waals surface area contributed by atoms with E-state index in [4.69, 9.17) is 9.47 Å². The number of hydrogen-bond acceptors (Lipinski definition) is 4. The highest BCUT2D eigenvalue weighted by Crippen LogP contribution is 2.54. The van der Waals surface area contributed by atoms with E-state index in [1.165, 1.54) is 29.7 Å². The summed E-state index contributed by atoms with van der Waals surface area (Å²) in [5.41, 5.74) is 3.90. The molecule has 4 nitrogen and oxygen atoms in total. The van der Waals surface area contributed by atoms with Gasteiger partial charge in [-0.05, 0) is 55.7 Å². The number of likely N-dealkylation sites (tertiary alicyclic amines) is 1. The number of benzene rings is 1. The van der Waals surface area contributed by atoms with Crippen molar-refractivity contribution in [1.29, 1.82) is 0 Å². The van der Waals surface area contributed by atoms with Gasteiger partial charge in [0.15, 0.2) is 11.5 Å². The first-order valence-electron chi connectivity index (χ1n) is 8.97. The summed E-state index contributed by atoms with van der Waals surface area (Å²) in [6.45, 7) is 1.03. The summed E-state index contributed by atoms with van der Waals surface area (Å²) in [6.07, 6.45) is 7.12. The quantitative estimate of drug-likeness (QED) is 0.921. The van der Waals surface area contributed by atoms with Gasteiger partial charge in [-0.1, -0.05) is 6.07 Å². The Bertz CT molecular complexity index is 680. The molecule has 24 heavy (non-hydrogen) atoms. The van der Waals surface area contributed by atoms with Crippen LogP contribution in [-0.2, 0) is 5.41 Å². The lowest BCUT2D eigenvalue weighted by molar-refractivity contribution is 0.181. The Morgan fingerprint density at radius 3 is 2.58 bits per heavy atom. The van der Waals surface area contributed by atoms with Gasteiger partial charge >= 0.3 is 0 Å². The normalized spacial score (nSPS) is 29.2. The molecule has 3 aliphatic rings. The predicted octanol–water partition coefficient (Wildman–Crippen LogP) is 3.19. The molecule has 0 unspecified atom stereocenters. The largest absolute Gasteiger partial charge is 0.493 e. The first kappa shape index (κ1) is 15.8. The van der Waals surface area contributed by atoms with Crippen molar-refractivity contribution >= 4 is 0 Å². The van der Waals surface area contributed by atoms with E-state index in [-0.39, 0.29) is 11.5 Å². The van der Waals surface area contributed by atoms with Crippen LogP contribution < -0.4 is 9.47 Å². The second-order valence-electron chi connectivity index (χ2n) is 7.49. The number of likely N-dealkylation sites (N-methyl/N-ethyl adjacent to an activating group) is 1. The molecule has 2 aliphatic carbocycles. The van der Waals surface area contributed by atoms with Gasteiger partial charge in [0.2, 0.25) is 0 Å². The first-order chi connectivity index (χ1) is 11.6. The third kappa shape index (κ3) is 2.31. The fourth-order valence-corrected chi connectivity index (χ4v) is 4.58. The summed E-state index contributed by atoms with van der Waals surface area (Å²) in [6, 6.07) is 4.51. The van der Waals surface area contributed by atoms with E-state index in [0.717, 1.165) is 37.3 Å². The number of aliphatic hydroxyl groups excluding tert-OH is 1. The van der Waals surface area contributed by atoms with Gasteiger partial charge < -0.3 is 19.5 Å². The molecule has 0 aromatic heterocycles. The van der Waals surface area contributed by atoms with E-state index in [1.54, 1.807) is 14.2 Å². The molecule has 1 aromatic rings. The van der Waals surface area contributed by atoms with Crippen molar-refractivity contribution in [1.82, 2.24) is 4.90 Å². The van der Waals surface area contributed by atoms with E-state index in [9.17, 15) is 5.11 Å². The Morgan fingerprint density at radius 1 is 1.12 bits per heavy atom. The van der Waals surface area contributed by atoms with E-state index in [0.29, 0.717) is 5.92 Å². The van der Waals surface area contributed by atoms with E-state index >= 15 is 0 Å². The molecular formula is C20H27NO3. The first-order valence-corrected chi connectivity index (χ1v) is 8.97. The van der Waals surface area contributed by atoms with Gasteiger partial charge in [-0.15, -0.1) is 0 Å². The Morgan fingerprint density at radius 2 is 1.92 bits per heavy atom. The fourth-order valence-electron chi connectivity index (χ4n) is 4.58. The molecule has 0 amide bonds. The molecule has 1 aromatic carbocycles. The Kier molecular flexibility index (Phi) is 3.75. The van der Waals surface area contributed by atoms with Crippen molar-refractivity contribution in [3.8, 4) is 11.5 Å². The van der Waals surface area contributed by atoms with Crippen LogP contribution >= 0.6 is 0 Å². The monoisotopic (exact) mass is 329 g/mol. The van der Waals surface area contributed by atoms with Crippen molar-refractivity contribution in [2.75, 3.05) is 27.8 Å². The Labute approximate surface area is 144 Å². The van der Waals surface area contributed by atoms with Gasteiger partial charge in [0.05, 0.1) is 20.3 Å². The average Bonchev–Trinajstić information content (AvgIpc) is 3.39. The van der Waals surface area contributed by atoms with E-state index < -0.39 is 0 Å². The van der Waals surface area contributed by atoms with Gasteiger partial charge in [0, 0.05) is 30.3 Å². The number of ether oxygens (including phenoxy) is 2. The number of allylic oxidation sites excluding steroid dienone is 1. The summed E-state index contributed by atoms with van der Waals surface area (Å²) < 4.78 is 11.3. The van der Waals surface area contributed by atoms with Crippen molar-refractivity contribution in [2.45, 2.75) is 49.5 Å². The third-order valence-electron chi connectivity index (χ3n) is 6.07. The molecule has 130 valence electrons. The molecule has 4 rings (SSSR count). The SMILES string of the molecule is COc1cc([C@@]23CC[C@@H](O)C=C2N(C)CC3)cc(C2CC2)c1OC. The lowest BCUT2D eigenvalue weighted by Crippen LogP contribution is -2.33. The molecule has 1 saturated heterocycles. The lowest BCUT2D eigenvalue weighted by atomic mass is 9.69. The van der Waals surface area contributed by atoms with Crippen molar-refractivity contribution in [3.05, 3.63) is 35.0 Å². The number of rotatable bonds is 4. The maximum absolute atomic E-state index is 10.1. The minimum Gasteiger partial charge on any atom is -0.493 e. The minimum absolute atomic E-state index is 0.0111. The molecule has 4 heteroatoms. The van der Waals surface area contributed by atoms with Crippen LogP contribution in [0.2, 0.25) is 0 Å². The van der Waals surface area contributed by atoms with Crippen LogP contribution in [0.25, 0.3) is 0 Å². The smallest absolute Gasteiger partial charge is 0.164 e. The summed E-state index contributed by atoms with van der Waals surface area (Å²) in [5, 5.41) is 10.1. The summed E-state index contributed by atoms with van der Waals surface area (Å²) in [7, 11) is 5.58. The van der Waals surface area contributed by atoms with Crippen molar-refractivity contribution in [3.63, 3.8) is 0 Å². The molecule has 1 heterocycles.